The molecule has 0 aliphatic heterocycles. The molecule has 0 amide bonds. The Bertz CT molecular complexity index is 2510. The fourth-order valence-electron chi connectivity index (χ4n) is 6.57. The molecule has 0 aliphatic rings. The molecule has 0 radical (unpaired) electrons. The van der Waals surface area contributed by atoms with Gasteiger partial charge in [-0.15, -0.1) is 0 Å². The molecule has 5 heteroatoms. The number of nitrogens with zero attached hydrogens (tertiary/aromatic N) is 2. The number of halogens is 2. The van der Waals surface area contributed by atoms with Crippen molar-refractivity contribution < 1.29 is 4.42 Å². The van der Waals surface area contributed by atoms with Gasteiger partial charge in [-0.3, -0.25) is 0 Å². The number of benzene rings is 6. The van der Waals surface area contributed by atoms with Gasteiger partial charge in [0.25, 0.3) is 0 Å². The molecule has 3 heterocycles. The second-order valence-electron chi connectivity index (χ2n) is 10.4. The van der Waals surface area contributed by atoms with Crippen LogP contribution in [0.2, 0.25) is 10.0 Å². The fourth-order valence-corrected chi connectivity index (χ4v) is 7.01. The third-order valence-electron chi connectivity index (χ3n) is 8.24. The van der Waals surface area contributed by atoms with Gasteiger partial charge in [0.2, 0.25) is 0 Å². The van der Waals surface area contributed by atoms with Gasteiger partial charge < -0.3 is 13.6 Å². The van der Waals surface area contributed by atoms with Crippen LogP contribution in [0.3, 0.4) is 0 Å². The Morgan fingerprint density at radius 3 is 2.07 bits per heavy atom. The molecule has 0 N–H and O–H groups in total. The van der Waals surface area contributed by atoms with Crippen LogP contribution in [0.4, 0.5) is 0 Å². The summed E-state index contributed by atoms with van der Waals surface area (Å²) in [4.78, 5) is 0. The average Bonchev–Trinajstić information content (AvgIpc) is 3.65. The van der Waals surface area contributed by atoms with Crippen LogP contribution in [-0.4, -0.2) is 9.13 Å². The lowest BCUT2D eigenvalue weighted by Crippen LogP contribution is -1.96. The number of aromatic nitrogens is 2. The van der Waals surface area contributed by atoms with Gasteiger partial charge in [-0.2, -0.15) is 0 Å². The molecular formula is C36H20Cl2N2O. The minimum atomic E-state index is 0.720. The van der Waals surface area contributed by atoms with E-state index in [0.717, 1.165) is 87.0 Å². The number of para-hydroxylation sites is 2. The van der Waals surface area contributed by atoms with Crippen molar-refractivity contribution in [2.45, 2.75) is 0 Å². The van der Waals surface area contributed by atoms with E-state index >= 15 is 0 Å². The normalized spacial score (nSPS) is 12.1. The van der Waals surface area contributed by atoms with Gasteiger partial charge in [-0.05, 0) is 72.8 Å². The van der Waals surface area contributed by atoms with E-state index in [1.807, 2.05) is 30.3 Å². The highest BCUT2D eigenvalue weighted by atomic mass is 35.5. The highest BCUT2D eigenvalue weighted by Gasteiger charge is 2.21. The Morgan fingerprint density at radius 2 is 1.17 bits per heavy atom. The van der Waals surface area contributed by atoms with E-state index in [-0.39, 0.29) is 0 Å². The first-order valence-corrected chi connectivity index (χ1v) is 14.3. The molecule has 6 aromatic carbocycles. The standard InChI is InChI=1S/C36H20Cl2N2O/c37-21-15-17-29-25(19-21)23-7-1-3-10-28(23)40(29)32-13-6-12-31-36(32)35-27(38)9-5-11-30(35)39(31)22-16-18-34-26(20-22)24-8-2-4-14-33(24)41-34/h1-20H. The van der Waals surface area contributed by atoms with Gasteiger partial charge in [0, 0.05) is 43.0 Å². The van der Waals surface area contributed by atoms with E-state index in [1.165, 1.54) is 0 Å². The molecule has 0 aliphatic carbocycles. The average molecular weight is 567 g/mol. The zero-order chi connectivity index (χ0) is 27.2. The van der Waals surface area contributed by atoms with Crippen LogP contribution in [0.25, 0.3) is 76.9 Å². The second kappa shape index (κ2) is 8.40. The summed E-state index contributed by atoms with van der Waals surface area (Å²) in [7, 11) is 0. The lowest BCUT2D eigenvalue weighted by atomic mass is 10.1. The predicted octanol–water partition coefficient (Wildman–Crippen LogP) is 11.1. The van der Waals surface area contributed by atoms with Gasteiger partial charge in [-0.1, -0.05) is 71.7 Å². The van der Waals surface area contributed by atoms with Crippen LogP contribution in [0.1, 0.15) is 0 Å². The molecule has 0 saturated heterocycles. The Kier molecular flexibility index (Phi) is 4.72. The lowest BCUT2D eigenvalue weighted by molar-refractivity contribution is 0.669. The summed E-state index contributed by atoms with van der Waals surface area (Å²) in [6, 6.07) is 41.8. The van der Waals surface area contributed by atoms with Gasteiger partial charge >= 0.3 is 0 Å². The maximum atomic E-state index is 7.03. The Labute approximate surface area is 244 Å². The summed E-state index contributed by atoms with van der Waals surface area (Å²) in [5.74, 6) is 0. The number of furan rings is 1. The molecule has 0 fully saturated rings. The molecule has 0 bridgehead atoms. The number of rotatable bonds is 2. The van der Waals surface area contributed by atoms with Crippen molar-refractivity contribution in [3.63, 3.8) is 0 Å². The third kappa shape index (κ3) is 3.16. The molecule has 3 nitrogen and oxygen atoms in total. The van der Waals surface area contributed by atoms with Crippen LogP contribution in [0, 0.1) is 0 Å². The van der Waals surface area contributed by atoms with Gasteiger partial charge in [0.05, 0.1) is 32.8 Å². The van der Waals surface area contributed by atoms with E-state index in [4.69, 9.17) is 27.6 Å². The molecule has 0 saturated carbocycles. The van der Waals surface area contributed by atoms with E-state index in [1.54, 1.807) is 0 Å². The molecule has 0 atom stereocenters. The summed E-state index contributed by atoms with van der Waals surface area (Å²) >= 11 is 13.5. The van der Waals surface area contributed by atoms with Crippen LogP contribution >= 0.6 is 23.2 Å². The highest BCUT2D eigenvalue weighted by Crippen LogP contribution is 2.43. The lowest BCUT2D eigenvalue weighted by Gasteiger charge is -2.11. The summed E-state index contributed by atoms with van der Waals surface area (Å²) in [5, 5.41) is 8.04. The summed E-state index contributed by atoms with van der Waals surface area (Å²) in [6.07, 6.45) is 0. The number of hydrogen-bond acceptors (Lipinski definition) is 1. The SMILES string of the molecule is Clc1ccc2c(c1)c1ccccc1n2-c1cccc2c1c1c(Cl)cccc1n2-c1ccc2oc3ccccc3c2c1. The molecule has 9 aromatic rings. The second-order valence-corrected chi connectivity index (χ2v) is 11.3. The molecular weight excluding hydrogens is 547 g/mol. The minimum absolute atomic E-state index is 0.720. The van der Waals surface area contributed by atoms with Crippen molar-refractivity contribution in [3.05, 3.63) is 131 Å². The Morgan fingerprint density at radius 1 is 0.463 bits per heavy atom. The predicted molar refractivity (Wildman–Crippen MR) is 172 cm³/mol. The Balaban J connectivity index is 1.43. The van der Waals surface area contributed by atoms with Gasteiger partial charge in [0.15, 0.2) is 0 Å². The Hall–Kier alpha value is -4.70. The van der Waals surface area contributed by atoms with Crippen LogP contribution in [-0.2, 0) is 0 Å². The van der Waals surface area contributed by atoms with Crippen LogP contribution in [0.5, 0.6) is 0 Å². The molecule has 0 unspecified atom stereocenters. The monoisotopic (exact) mass is 566 g/mol. The maximum Gasteiger partial charge on any atom is 0.135 e. The number of fused-ring (bicyclic) bond motifs is 9. The molecule has 9 rings (SSSR count). The quantitative estimate of drug-likeness (QED) is 0.204. The number of hydrogen-bond donors (Lipinski definition) is 0. The summed E-state index contributed by atoms with van der Waals surface area (Å²) in [6.45, 7) is 0. The first-order chi connectivity index (χ1) is 20.2. The van der Waals surface area contributed by atoms with E-state index in [0.29, 0.717) is 0 Å². The molecule has 194 valence electrons. The third-order valence-corrected chi connectivity index (χ3v) is 8.79. The first-order valence-electron chi connectivity index (χ1n) is 13.5. The van der Waals surface area contributed by atoms with Crippen molar-refractivity contribution in [2.75, 3.05) is 0 Å². The highest BCUT2D eigenvalue weighted by molar-refractivity contribution is 6.39. The smallest absolute Gasteiger partial charge is 0.135 e. The largest absolute Gasteiger partial charge is 0.456 e. The van der Waals surface area contributed by atoms with Crippen molar-refractivity contribution in [1.82, 2.24) is 9.13 Å². The van der Waals surface area contributed by atoms with Crippen molar-refractivity contribution in [2.24, 2.45) is 0 Å². The van der Waals surface area contributed by atoms with Gasteiger partial charge in [0.1, 0.15) is 11.2 Å². The van der Waals surface area contributed by atoms with E-state index in [9.17, 15) is 0 Å². The molecule has 3 aromatic heterocycles. The summed E-state index contributed by atoms with van der Waals surface area (Å²) < 4.78 is 10.8. The van der Waals surface area contributed by atoms with Crippen molar-refractivity contribution in [1.29, 1.82) is 0 Å². The molecule has 41 heavy (non-hydrogen) atoms. The molecule has 0 spiro atoms. The fraction of sp³-hybridized carbons (Fsp3) is 0. The minimum Gasteiger partial charge on any atom is -0.456 e. The maximum absolute atomic E-state index is 7.03. The van der Waals surface area contributed by atoms with Crippen molar-refractivity contribution in [3.8, 4) is 11.4 Å². The zero-order valence-electron chi connectivity index (χ0n) is 21.6. The first kappa shape index (κ1) is 23.0. The van der Waals surface area contributed by atoms with Crippen molar-refractivity contribution >= 4 is 88.8 Å². The zero-order valence-corrected chi connectivity index (χ0v) is 23.1. The van der Waals surface area contributed by atoms with Gasteiger partial charge in [-0.25, -0.2) is 0 Å². The van der Waals surface area contributed by atoms with Crippen LogP contribution < -0.4 is 0 Å². The van der Waals surface area contributed by atoms with E-state index < -0.39 is 0 Å². The van der Waals surface area contributed by atoms with Crippen LogP contribution in [0.15, 0.2) is 126 Å². The summed E-state index contributed by atoms with van der Waals surface area (Å²) in [5.41, 5.74) is 8.24. The van der Waals surface area contributed by atoms with E-state index in [2.05, 4.69) is 100 Å². The topological polar surface area (TPSA) is 23.0 Å².